The van der Waals surface area contributed by atoms with Crippen molar-refractivity contribution in [3.63, 3.8) is 0 Å². The third-order valence-corrected chi connectivity index (χ3v) is 1.49. The lowest BCUT2D eigenvalue weighted by Gasteiger charge is -2.09. The van der Waals surface area contributed by atoms with Gasteiger partial charge in [-0.25, -0.2) is 4.98 Å². The van der Waals surface area contributed by atoms with Crippen molar-refractivity contribution in [2.24, 2.45) is 0 Å². The molecule has 0 aromatic carbocycles. The Labute approximate surface area is 83.6 Å². The van der Waals surface area contributed by atoms with Crippen LogP contribution in [0.15, 0.2) is 12.3 Å². The van der Waals surface area contributed by atoms with Gasteiger partial charge in [0.2, 0.25) is 5.95 Å². The van der Waals surface area contributed by atoms with Crippen LogP contribution >= 0.6 is 0 Å². The van der Waals surface area contributed by atoms with E-state index in [4.69, 9.17) is 5.11 Å². The van der Waals surface area contributed by atoms with Crippen LogP contribution in [0, 0.1) is 0 Å². The van der Waals surface area contributed by atoms with Crippen LogP contribution in [0.1, 0.15) is 13.8 Å². The molecule has 1 aromatic rings. The third kappa shape index (κ3) is 3.57. The van der Waals surface area contributed by atoms with Crippen LogP contribution in [0.5, 0.6) is 0 Å². The van der Waals surface area contributed by atoms with Gasteiger partial charge in [0.15, 0.2) is 0 Å². The van der Waals surface area contributed by atoms with Crippen LogP contribution in [-0.4, -0.2) is 34.3 Å². The van der Waals surface area contributed by atoms with Crippen molar-refractivity contribution in [2.75, 3.05) is 23.8 Å². The SMILES string of the molecule is CC(C)Nc1nccc(NCCO)n1. The first-order chi connectivity index (χ1) is 6.72. The highest BCUT2D eigenvalue weighted by Crippen LogP contribution is 2.05. The molecule has 0 aliphatic rings. The summed E-state index contributed by atoms with van der Waals surface area (Å²) in [5.41, 5.74) is 0. The van der Waals surface area contributed by atoms with Gasteiger partial charge in [0.25, 0.3) is 0 Å². The Hall–Kier alpha value is -1.36. The van der Waals surface area contributed by atoms with Crippen molar-refractivity contribution in [1.29, 1.82) is 0 Å². The maximum Gasteiger partial charge on any atom is 0.224 e. The molecule has 0 unspecified atom stereocenters. The molecule has 0 atom stereocenters. The lowest BCUT2D eigenvalue weighted by atomic mass is 10.4. The van der Waals surface area contributed by atoms with Crippen LogP contribution in [-0.2, 0) is 0 Å². The lowest BCUT2D eigenvalue weighted by molar-refractivity contribution is 0.311. The Balaban J connectivity index is 2.59. The highest BCUT2D eigenvalue weighted by Gasteiger charge is 1.99. The summed E-state index contributed by atoms with van der Waals surface area (Å²) in [6, 6.07) is 2.07. The van der Waals surface area contributed by atoms with E-state index >= 15 is 0 Å². The molecule has 1 rings (SSSR count). The largest absolute Gasteiger partial charge is 0.395 e. The number of nitrogens with zero attached hydrogens (tertiary/aromatic N) is 2. The number of aliphatic hydroxyl groups is 1. The highest BCUT2D eigenvalue weighted by atomic mass is 16.3. The average molecular weight is 196 g/mol. The third-order valence-electron chi connectivity index (χ3n) is 1.49. The van der Waals surface area contributed by atoms with Gasteiger partial charge in [0, 0.05) is 18.8 Å². The van der Waals surface area contributed by atoms with Crippen LogP contribution < -0.4 is 10.6 Å². The van der Waals surface area contributed by atoms with E-state index in [0.717, 1.165) is 5.82 Å². The van der Waals surface area contributed by atoms with Gasteiger partial charge in [0.05, 0.1) is 6.61 Å². The zero-order valence-electron chi connectivity index (χ0n) is 8.49. The topological polar surface area (TPSA) is 70.1 Å². The molecular weight excluding hydrogens is 180 g/mol. The Morgan fingerprint density at radius 2 is 2.29 bits per heavy atom. The second kappa shape index (κ2) is 5.39. The minimum absolute atomic E-state index is 0.0942. The summed E-state index contributed by atoms with van der Waals surface area (Å²) in [5, 5.41) is 14.7. The molecule has 0 saturated heterocycles. The summed E-state index contributed by atoms with van der Waals surface area (Å²) in [6.45, 7) is 4.64. The molecule has 1 aromatic heterocycles. The molecule has 0 bridgehead atoms. The summed E-state index contributed by atoms with van der Waals surface area (Å²) in [5.74, 6) is 1.32. The van der Waals surface area contributed by atoms with Crippen molar-refractivity contribution in [3.8, 4) is 0 Å². The normalized spacial score (nSPS) is 10.3. The van der Waals surface area contributed by atoms with E-state index in [0.29, 0.717) is 18.5 Å². The molecule has 14 heavy (non-hydrogen) atoms. The fraction of sp³-hybridized carbons (Fsp3) is 0.556. The van der Waals surface area contributed by atoms with E-state index in [1.54, 1.807) is 12.3 Å². The number of aliphatic hydroxyl groups excluding tert-OH is 1. The minimum atomic E-state index is 0.0942. The molecular formula is C9H16N4O. The van der Waals surface area contributed by atoms with Crippen molar-refractivity contribution >= 4 is 11.8 Å². The van der Waals surface area contributed by atoms with Gasteiger partial charge >= 0.3 is 0 Å². The van der Waals surface area contributed by atoms with Crippen molar-refractivity contribution in [1.82, 2.24) is 9.97 Å². The second-order valence-electron chi connectivity index (χ2n) is 3.21. The number of hydrogen-bond donors (Lipinski definition) is 3. The number of aromatic nitrogens is 2. The van der Waals surface area contributed by atoms with Crippen LogP contribution in [0.3, 0.4) is 0 Å². The molecule has 78 valence electrons. The predicted molar refractivity (Wildman–Crippen MR) is 56.4 cm³/mol. The molecule has 0 saturated carbocycles. The standard InChI is InChI=1S/C9H16N4O/c1-7(2)12-9-11-4-3-8(13-9)10-5-6-14/h3-4,7,14H,5-6H2,1-2H3,(H2,10,11,12,13). The average Bonchev–Trinajstić information content (AvgIpc) is 2.14. The molecule has 0 aliphatic heterocycles. The van der Waals surface area contributed by atoms with Crippen LogP contribution in [0.4, 0.5) is 11.8 Å². The van der Waals surface area contributed by atoms with Crippen LogP contribution in [0.25, 0.3) is 0 Å². The fourth-order valence-corrected chi connectivity index (χ4v) is 0.969. The van der Waals surface area contributed by atoms with E-state index < -0.39 is 0 Å². The smallest absolute Gasteiger partial charge is 0.224 e. The lowest BCUT2D eigenvalue weighted by Crippen LogP contribution is -2.14. The second-order valence-corrected chi connectivity index (χ2v) is 3.21. The van der Waals surface area contributed by atoms with Gasteiger partial charge in [0.1, 0.15) is 5.82 Å². The summed E-state index contributed by atoms with van der Waals surface area (Å²) in [6.07, 6.45) is 1.68. The van der Waals surface area contributed by atoms with Gasteiger partial charge in [-0.15, -0.1) is 0 Å². The Morgan fingerprint density at radius 3 is 2.93 bits per heavy atom. The van der Waals surface area contributed by atoms with Crippen molar-refractivity contribution in [3.05, 3.63) is 12.3 Å². The maximum atomic E-state index is 8.62. The molecule has 0 fully saturated rings. The van der Waals surface area contributed by atoms with Gasteiger partial charge in [-0.05, 0) is 19.9 Å². The van der Waals surface area contributed by atoms with E-state index in [1.807, 2.05) is 13.8 Å². The van der Waals surface area contributed by atoms with E-state index in [2.05, 4.69) is 20.6 Å². The Bertz CT molecular complexity index is 277. The maximum absolute atomic E-state index is 8.62. The van der Waals surface area contributed by atoms with Gasteiger partial charge < -0.3 is 15.7 Å². The van der Waals surface area contributed by atoms with Gasteiger partial charge in [-0.3, -0.25) is 0 Å². The minimum Gasteiger partial charge on any atom is -0.395 e. The predicted octanol–water partition coefficient (Wildman–Crippen LogP) is 0.701. The molecule has 0 radical (unpaired) electrons. The summed E-state index contributed by atoms with van der Waals surface area (Å²) >= 11 is 0. The number of rotatable bonds is 5. The highest BCUT2D eigenvalue weighted by molar-refractivity contribution is 5.39. The Kier molecular flexibility index (Phi) is 4.12. The molecule has 0 amide bonds. The first kappa shape index (κ1) is 10.7. The Morgan fingerprint density at radius 1 is 1.50 bits per heavy atom. The van der Waals surface area contributed by atoms with Gasteiger partial charge in [-0.1, -0.05) is 0 Å². The first-order valence-corrected chi connectivity index (χ1v) is 4.66. The van der Waals surface area contributed by atoms with E-state index in [9.17, 15) is 0 Å². The van der Waals surface area contributed by atoms with Crippen LogP contribution in [0.2, 0.25) is 0 Å². The number of hydrogen-bond acceptors (Lipinski definition) is 5. The summed E-state index contributed by atoms with van der Waals surface area (Å²) < 4.78 is 0. The molecule has 5 nitrogen and oxygen atoms in total. The summed E-state index contributed by atoms with van der Waals surface area (Å²) in [4.78, 5) is 8.27. The number of nitrogens with one attached hydrogen (secondary N) is 2. The first-order valence-electron chi connectivity index (χ1n) is 4.66. The molecule has 3 N–H and O–H groups in total. The molecule has 0 spiro atoms. The van der Waals surface area contributed by atoms with Crippen molar-refractivity contribution < 1.29 is 5.11 Å². The summed E-state index contributed by atoms with van der Waals surface area (Å²) in [7, 11) is 0. The monoisotopic (exact) mass is 196 g/mol. The fourth-order valence-electron chi connectivity index (χ4n) is 0.969. The van der Waals surface area contributed by atoms with E-state index in [1.165, 1.54) is 0 Å². The molecule has 1 heterocycles. The van der Waals surface area contributed by atoms with E-state index in [-0.39, 0.29) is 6.61 Å². The quantitative estimate of drug-likeness (QED) is 0.646. The van der Waals surface area contributed by atoms with Crippen molar-refractivity contribution in [2.45, 2.75) is 19.9 Å². The molecule has 5 heteroatoms. The molecule has 0 aliphatic carbocycles. The zero-order valence-corrected chi connectivity index (χ0v) is 8.49. The number of anilines is 2. The van der Waals surface area contributed by atoms with Gasteiger partial charge in [-0.2, -0.15) is 4.98 Å². The zero-order chi connectivity index (χ0) is 10.4.